The van der Waals surface area contributed by atoms with E-state index in [-0.39, 0.29) is 12.2 Å². The lowest BCUT2D eigenvalue weighted by molar-refractivity contribution is 0.0983. The molecule has 0 N–H and O–H groups in total. The average Bonchev–Trinajstić information content (AvgIpc) is 2.75. The summed E-state index contributed by atoms with van der Waals surface area (Å²) in [6, 6.07) is 1.97. The maximum atomic E-state index is 12.3. The second kappa shape index (κ2) is 5.94. The molecule has 0 saturated heterocycles. The zero-order valence-electron chi connectivity index (χ0n) is 12.4. The van der Waals surface area contributed by atoms with Gasteiger partial charge in [0.2, 0.25) is 0 Å². The molecule has 0 spiro atoms. The Kier molecular flexibility index (Phi) is 4.27. The molecule has 0 radical (unpaired) electrons. The zero-order chi connectivity index (χ0) is 14.7. The molecule has 0 aromatic carbocycles. The molecule has 5 nitrogen and oxygen atoms in total. The molecule has 0 aliphatic carbocycles. The number of aryl methyl sites for hydroxylation is 2. The lowest BCUT2D eigenvalue weighted by atomic mass is 10.1. The molecule has 0 atom stereocenters. The van der Waals surface area contributed by atoms with Crippen LogP contribution in [0, 0.1) is 19.8 Å². The molecule has 0 saturated carbocycles. The second-order valence-corrected chi connectivity index (χ2v) is 5.53. The van der Waals surface area contributed by atoms with Crippen LogP contribution in [0.4, 0.5) is 0 Å². The third-order valence-electron chi connectivity index (χ3n) is 3.03. The van der Waals surface area contributed by atoms with Gasteiger partial charge in [-0.15, -0.1) is 0 Å². The molecule has 106 valence electrons. The maximum absolute atomic E-state index is 12.3. The number of pyridine rings is 1. The lowest BCUT2D eigenvalue weighted by Crippen LogP contribution is -2.15. The zero-order valence-corrected chi connectivity index (χ0v) is 12.4. The van der Waals surface area contributed by atoms with Gasteiger partial charge in [-0.05, 0) is 30.9 Å². The van der Waals surface area contributed by atoms with Gasteiger partial charge in [0.25, 0.3) is 0 Å². The van der Waals surface area contributed by atoms with Crippen LogP contribution in [0.2, 0.25) is 0 Å². The Morgan fingerprint density at radius 2 is 2.05 bits per heavy atom. The summed E-state index contributed by atoms with van der Waals surface area (Å²) in [5.74, 6) is 1.15. The van der Waals surface area contributed by atoms with Gasteiger partial charge < -0.3 is 0 Å². The number of carbonyl (C=O) groups is 1. The van der Waals surface area contributed by atoms with Crippen molar-refractivity contribution in [2.24, 2.45) is 5.92 Å². The van der Waals surface area contributed by atoms with Crippen LogP contribution < -0.4 is 0 Å². The van der Waals surface area contributed by atoms with E-state index in [0.29, 0.717) is 17.4 Å². The van der Waals surface area contributed by atoms with Crippen molar-refractivity contribution in [1.82, 2.24) is 19.7 Å². The summed E-state index contributed by atoms with van der Waals surface area (Å²) in [6.07, 6.45) is 3.46. The monoisotopic (exact) mass is 272 g/mol. The van der Waals surface area contributed by atoms with E-state index < -0.39 is 0 Å². The number of Topliss-reactive ketones (excluding diaryl/α,β-unsaturated/α-hetero) is 1. The summed E-state index contributed by atoms with van der Waals surface area (Å²) in [7, 11) is 0. The predicted octanol–water partition coefficient (Wildman–Crippen LogP) is 2.37. The van der Waals surface area contributed by atoms with E-state index >= 15 is 0 Å². The normalized spacial score (nSPS) is 11.1. The fraction of sp³-hybridized carbons (Fsp3) is 0.467. The third kappa shape index (κ3) is 3.29. The molecule has 0 aliphatic rings. The molecule has 0 bridgehead atoms. The highest BCUT2D eigenvalue weighted by Crippen LogP contribution is 2.11. The molecular weight excluding hydrogens is 252 g/mol. The van der Waals surface area contributed by atoms with Crippen LogP contribution in [-0.2, 0) is 13.0 Å². The van der Waals surface area contributed by atoms with Crippen LogP contribution >= 0.6 is 0 Å². The largest absolute Gasteiger partial charge is 0.292 e. The molecule has 5 heteroatoms. The van der Waals surface area contributed by atoms with Crippen molar-refractivity contribution in [1.29, 1.82) is 0 Å². The molecule has 2 aromatic heterocycles. The van der Waals surface area contributed by atoms with E-state index in [9.17, 15) is 4.79 Å². The highest BCUT2D eigenvalue weighted by molar-refractivity contribution is 5.96. The fourth-order valence-corrected chi connectivity index (χ4v) is 2.16. The number of rotatable bonds is 5. The molecule has 0 fully saturated rings. The number of hydrogen-bond acceptors (Lipinski definition) is 4. The Morgan fingerprint density at radius 1 is 1.30 bits per heavy atom. The molecule has 0 aliphatic heterocycles. The fourth-order valence-electron chi connectivity index (χ4n) is 2.16. The van der Waals surface area contributed by atoms with Crippen LogP contribution in [0.25, 0.3) is 0 Å². The smallest absolute Gasteiger partial charge is 0.188 e. The molecule has 2 rings (SSSR count). The number of aromatic nitrogens is 4. The van der Waals surface area contributed by atoms with Crippen molar-refractivity contribution in [3.05, 3.63) is 41.2 Å². The molecular formula is C15H20N4O. The topological polar surface area (TPSA) is 60.7 Å². The summed E-state index contributed by atoms with van der Waals surface area (Å²) >= 11 is 0. The van der Waals surface area contributed by atoms with Crippen LogP contribution in [-0.4, -0.2) is 25.5 Å². The first-order valence-electron chi connectivity index (χ1n) is 6.80. The number of ketones is 1. The van der Waals surface area contributed by atoms with E-state index in [4.69, 9.17) is 0 Å². The number of hydrogen-bond donors (Lipinski definition) is 0. The first kappa shape index (κ1) is 14.4. The Bertz CT molecular complexity index is 616. The first-order chi connectivity index (χ1) is 9.47. The van der Waals surface area contributed by atoms with Crippen LogP contribution in [0.1, 0.15) is 41.3 Å². The van der Waals surface area contributed by atoms with Gasteiger partial charge >= 0.3 is 0 Å². The van der Waals surface area contributed by atoms with Crippen molar-refractivity contribution in [3.8, 4) is 0 Å². The van der Waals surface area contributed by atoms with E-state index in [0.717, 1.165) is 17.7 Å². The van der Waals surface area contributed by atoms with Gasteiger partial charge in [-0.1, -0.05) is 19.9 Å². The minimum atomic E-state index is -0.0134. The summed E-state index contributed by atoms with van der Waals surface area (Å²) < 4.78 is 1.80. The second-order valence-electron chi connectivity index (χ2n) is 5.53. The van der Waals surface area contributed by atoms with Gasteiger partial charge in [0.05, 0.1) is 6.42 Å². The minimum absolute atomic E-state index is 0.0134. The van der Waals surface area contributed by atoms with Gasteiger partial charge in [-0.3, -0.25) is 9.78 Å². The van der Waals surface area contributed by atoms with Crippen LogP contribution in [0.5, 0.6) is 0 Å². The van der Waals surface area contributed by atoms with Gasteiger partial charge in [0.15, 0.2) is 5.78 Å². The first-order valence-corrected chi connectivity index (χ1v) is 6.80. The molecule has 2 aromatic rings. The third-order valence-corrected chi connectivity index (χ3v) is 3.03. The Morgan fingerprint density at radius 3 is 2.70 bits per heavy atom. The standard InChI is InChI=1S/C15H20N4O/c1-10(2)8-19-14(17-9-18-19)6-13(20)15-12(4)5-11(3)7-16-15/h5,7,9-10H,6,8H2,1-4H3. The SMILES string of the molecule is Cc1cnc(C(=O)Cc2ncnn2CC(C)C)c(C)c1. The Labute approximate surface area is 119 Å². The van der Waals surface area contributed by atoms with Gasteiger partial charge in [-0.25, -0.2) is 9.67 Å². The predicted molar refractivity (Wildman–Crippen MR) is 76.6 cm³/mol. The van der Waals surface area contributed by atoms with Crippen molar-refractivity contribution >= 4 is 5.78 Å². The van der Waals surface area contributed by atoms with Gasteiger partial charge in [0.1, 0.15) is 17.8 Å². The van der Waals surface area contributed by atoms with Crippen molar-refractivity contribution in [2.75, 3.05) is 0 Å². The molecule has 20 heavy (non-hydrogen) atoms. The van der Waals surface area contributed by atoms with Gasteiger partial charge in [0, 0.05) is 12.7 Å². The van der Waals surface area contributed by atoms with Crippen LogP contribution in [0.3, 0.4) is 0 Å². The molecule has 2 heterocycles. The highest BCUT2D eigenvalue weighted by atomic mass is 16.1. The number of nitrogens with zero attached hydrogens (tertiary/aromatic N) is 4. The van der Waals surface area contributed by atoms with E-state index in [1.807, 2.05) is 19.9 Å². The lowest BCUT2D eigenvalue weighted by Gasteiger charge is -2.09. The van der Waals surface area contributed by atoms with E-state index in [2.05, 4.69) is 28.9 Å². The van der Waals surface area contributed by atoms with Crippen molar-refractivity contribution in [3.63, 3.8) is 0 Å². The summed E-state index contributed by atoms with van der Waals surface area (Å²) in [5, 5.41) is 4.17. The Balaban J connectivity index is 2.17. The quantitative estimate of drug-likeness (QED) is 0.784. The highest BCUT2D eigenvalue weighted by Gasteiger charge is 2.15. The maximum Gasteiger partial charge on any atom is 0.188 e. The summed E-state index contributed by atoms with van der Waals surface area (Å²) in [5.41, 5.74) is 2.49. The van der Waals surface area contributed by atoms with Gasteiger partial charge in [-0.2, -0.15) is 5.10 Å². The van der Waals surface area contributed by atoms with Crippen LogP contribution in [0.15, 0.2) is 18.6 Å². The summed E-state index contributed by atoms with van der Waals surface area (Å²) in [6.45, 7) is 8.86. The van der Waals surface area contributed by atoms with E-state index in [1.165, 1.54) is 6.33 Å². The van der Waals surface area contributed by atoms with Crippen molar-refractivity contribution in [2.45, 2.75) is 40.7 Å². The minimum Gasteiger partial charge on any atom is -0.292 e. The average molecular weight is 272 g/mol. The molecule has 0 amide bonds. The number of carbonyl (C=O) groups excluding carboxylic acids is 1. The summed E-state index contributed by atoms with van der Waals surface area (Å²) in [4.78, 5) is 20.8. The van der Waals surface area contributed by atoms with Crippen molar-refractivity contribution < 1.29 is 4.79 Å². The molecule has 0 unspecified atom stereocenters. The Hall–Kier alpha value is -2.04. The van der Waals surface area contributed by atoms with E-state index in [1.54, 1.807) is 10.9 Å².